The Balaban J connectivity index is 1.56. The van der Waals surface area contributed by atoms with Crippen molar-refractivity contribution in [3.8, 4) is 11.6 Å². The fourth-order valence-electron chi connectivity index (χ4n) is 2.56. The lowest BCUT2D eigenvalue weighted by atomic mass is 10.2. The van der Waals surface area contributed by atoms with Gasteiger partial charge in [-0.25, -0.2) is 9.97 Å². The van der Waals surface area contributed by atoms with Gasteiger partial charge in [0, 0.05) is 31.5 Å². The highest BCUT2D eigenvalue weighted by Crippen LogP contribution is 2.16. The molecule has 0 unspecified atom stereocenters. The van der Waals surface area contributed by atoms with E-state index in [1.165, 1.54) is 0 Å². The van der Waals surface area contributed by atoms with Gasteiger partial charge >= 0.3 is 0 Å². The second-order valence-corrected chi connectivity index (χ2v) is 5.63. The van der Waals surface area contributed by atoms with Crippen LogP contribution in [0.15, 0.2) is 54.9 Å². The number of methoxy groups -OCH3 is 1. The standard InChI is InChI=1S/C19H21N5O2/c1-14-22-17(13-18(23-14)24-11-5-6-12-24)20-9-10-21-19(25)15-7-3-4-8-16(15)26-2/h3-8,11-13H,9-10H2,1-2H3,(H,21,25)(H,20,22,23). The Labute approximate surface area is 152 Å². The molecular formula is C19H21N5O2. The minimum Gasteiger partial charge on any atom is -0.496 e. The van der Waals surface area contributed by atoms with Crippen molar-refractivity contribution in [1.29, 1.82) is 0 Å². The number of hydrogen-bond donors (Lipinski definition) is 2. The van der Waals surface area contributed by atoms with Gasteiger partial charge in [0.1, 0.15) is 23.2 Å². The van der Waals surface area contributed by atoms with E-state index >= 15 is 0 Å². The van der Waals surface area contributed by atoms with E-state index in [2.05, 4.69) is 20.6 Å². The number of amides is 1. The number of ether oxygens (including phenoxy) is 1. The van der Waals surface area contributed by atoms with Crippen LogP contribution >= 0.6 is 0 Å². The van der Waals surface area contributed by atoms with E-state index in [0.717, 1.165) is 5.82 Å². The maximum absolute atomic E-state index is 12.3. The smallest absolute Gasteiger partial charge is 0.255 e. The molecule has 134 valence electrons. The summed E-state index contributed by atoms with van der Waals surface area (Å²) in [5, 5.41) is 6.08. The highest BCUT2D eigenvalue weighted by atomic mass is 16.5. The predicted octanol–water partition coefficient (Wildman–Crippen LogP) is 2.43. The van der Waals surface area contributed by atoms with Crippen LogP contribution in [0.1, 0.15) is 16.2 Å². The molecule has 7 nitrogen and oxygen atoms in total. The lowest BCUT2D eigenvalue weighted by Gasteiger charge is -2.11. The van der Waals surface area contributed by atoms with Gasteiger partial charge in [0.05, 0.1) is 12.7 Å². The average Bonchev–Trinajstić information content (AvgIpc) is 3.19. The Morgan fingerprint density at radius 2 is 1.88 bits per heavy atom. The molecule has 0 bridgehead atoms. The molecule has 1 aromatic carbocycles. The number of nitrogens with one attached hydrogen (secondary N) is 2. The van der Waals surface area contributed by atoms with Crippen LogP contribution in [0.25, 0.3) is 5.82 Å². The summed E-state index contributed by atoms with van der Waals surface area (Å²) in [6.45, 7) is 2.85. The van der Waals surface area contributed by atoms with Gasteiger partial charge in [0.25, 0.3) is 5.91 Å². The topological polar surface area (TPSA) is 81.1 Å². The van der Waals surface area contributed by atoms with Crippen LogP contribution < -0.4 is 15.4 Å². The second-order valence-electron chi connectivity index (χ2n) is 5.63. The van der Waals surface area contributed by atoms with Crippen molar-refractivity contribution < 1.29 is 9.53 Å². The number of rotatable bonds is 7. The van der Waals surface area contributed by atoms with Gasteiger partial charge in [-0.1, -0.05) is 12.1 Å². The molecular weight excluding hydrogens is 330 g/mol. The van der Waals surface area contributed by atoms with E-state index in [0.29, 0.717) is 36.0 Å². The van der Waals surface area contributed by atoms with Crippen LogP contribution in [0.5, 0.6) is 5.75 Å². The van der Waals surface area contributed by atoms with Gasteiger partial charge < -0.3 is 19.9 Å². The van der Waals surface area contributed by atoms with E-state index in [1.807, 2.05) is 54.2 Å². The summed E-state index contributed by atoms with van der Waals surface area (Å²) in [4.78, 5) is 21.0. The molecule has 2 N–H and O–H groups in total. The van der Waals surface area contributed by atoms with Crippen molar-refractivity contribution in [2.45, 2.75) is 6.92 Å². The van der Waals surface area contributed by atoms with Gasteiger partial charge in [-0.3, -0.25) is 4.79 Å². The van der Waals surface area contributed by atoms with Gasteiger partial charge in [0.15, 0.2) is 0 Å². The van der Waals surface area contributed by atoms with Crippen LogP contribution in [0.2, 0.25) is 0 Å². The third kappa shape index (κ3) is 4.18. The van der Waals surface area contributed by atoms with E-state index in [-0.39, 0.29) is 5.91 Å². The summed E-state index contributed by atoms with van der Waals surface area (Å²) in [6, 6.07) is 12.9. The molecule has 0 atom stereocenters. The van der Waals surface area contributed by atoms with Gasteiger partial charge in [0.2, 0.25) is 0 Å². The van der Waals surface area contributed by atoms with Crippen molar-refractivity contribution in [3.05, 3.63) is 66.2 Å². The molecule has 3 aromatic rings. The molecule has 7 heteroatoms. The van der Waals surface area contributed by atoms with Crippen molar-refractivity contribution in [2.75, 3.05) is 25.5 Å². The van der Waals surface area contributed by atoms with E-state index < -0.39 is 0 Å². The zero-order chi connectivity index (χ0) is 18.4. The molecule has 1 amide bonds. The van der Waals surface area contributed by atoms with Crippen LogP contribution in [-0.4, -0.2) is 40.6 Å². The number of para-hydroxylation sites is 1. The summed E-state index contributed by atoms with van der Waals surface area (Å²) in [5.41, 5.74) is 0.516. The normalized spacial score (nSPS) is 10.4. The highest BCUT2D eigenvalue weighted by molar-refractivity contribution is 5.96. The van der Waals surface area contributed by atoms with Gasteiger partial charge in [-0.2, -0.15) is 0 Å². The first-order valence-electron chi connectivity index (χ1n) is 8.31. The molecule has 0 aliphatic carbocycles. The summed E-state index contributed by atoms with van der Waals surface area (Å²) in [5.74, 6) is 2.57. The molecule has 0 spiro atoms. The van der Waals surface area contributed by atoms with E-state index in [1.54, 1.807) is 19.2 Å². The lowest BCUT2D eigenvalue weighted by Crippen LogP contribution is -2.29. The first kappa shape index (κ1) is 17.5. The van der Waals surface area contributed by atoms with Crippen LogP contribution in [0, 0.1) is 6.92 Å². The summed E-state index contributed by atoms with van der Waals surface area (Å²) in [6.07, 6.45) is 3.86. The number of anilines is 1. The first-order valence-corrected chi connectivity index (χ1v) is 8.31. The minimum absolute atomic E-state index is 0.170. The Kier molecular flexibility index (Phi) is 5.48. The Hall–Kier alpha value is -3.35. The molecule has 0 aliphatic rings. The number of aromatic nitrogens is 3. The Morgan fingerprint density at radius 3 is 2.65 bits per heavy atom. The van der Waals surface area contributed by atoms with Crippen LogP contribution in [0.4, 0.5) is 5.82 Å². The van der Waals surface area contributed by atoms with E-state index in [9.17, 15) is 4.79 Å². The third-order valence-electron chi connectivity index (χ3n) is 3.76. The molecule has 0 fully saturated rings. The maximum atomic E-state index is 12.3. The number of aryl methyl sites for hydroxylation is 1. The molecule has 0 radical (unpaired) electrons. The third-order valence-corrected chi connectivity index (χ3v) is 3.76. The van der Waals surface area contributed by atoms with E-state index in [4.69, 9.17) is 4.74 Å². The van der Waals surface area contributed by atoms with Crippen molar-refractivity contribution in [3.63, 3.8) is 0 Å². The number of carbonyl (C=O) groups is 1. The van der Waals surface area contributed by atoms with Crippen molar-refractivity contribution in [1.82, 2.24) is 19.9 Å². The fraction of sp³-hybridized carbons (Fsp3) is 0.211. The van der Waals surface area contributed by atoms with Crippen LogP contribution in [-0.2, 0) is 0 Å². The summed E-state index contributed by atoms with van der Waals surface area (Å²) < 4.78 is 7.13. The summed E-state index contributed by atoms with van der Waals surface area (Å²) in [7, 11) is 1.55. The highest BCUT2D eigenvalue weighted by Gasteiger charge is 2.10. The maximum Gasteiger partial charge on any atom is 0.255 e. The second kappa shape index (κ2) is 8.15. The Bertz CT molecular complexity index is 877. The molecule has 0 saturated heterocycles. The zero-order valence-electron chi connectivity index (χ0n) is 14.8. The average molecular weight is 351 g/mol. The molecule has 0 aliphatic heterocycles. The first-order chi connectivity index (χ1) is 12.7. The number of nitrogens with zero attached hydrogens (tertiary/aromatic N) is 3. The van der Waals surface area contributed by atoms with Gasteiger partial charge in [-0.05, 0) is 31.2 Å². The molecule has 2 aromatic heterocycles. The van der Waals surface area contributed by atoms with Crippen molar-refractivity contribution in [2.24, 2.45) is 0 Å². The fourth-order valence-corrected chi connectivity index (χ4v) is 2.56. The number of benzene rings is 1. The summed E-state index contributed by atoms with van der Waals surface area (Å²) >= 11 is 0. The number of hydrogen-bond acceptors (Lipinski definition) is 5. The van der Waals surface area contributed by atoms with Crippen molar-refractivity contribution >= 4 is 11.7 Å². The quantitative estimate of drug-likeness (QED) is 0.639. The molecule has 3 rings (SSSR count). The molecule has 0 saturated carbocycles. The van der Waals surface area contributed by atoms with Crippen LogP contribution in [0.3, 0.4) is 0 Å². The SMILES string of the molecule is COc1ccccc1C(=O)NCCNc1cc(-n2cccc2)nc(C)n1. The molecule has 26 heavy (non-hydrogen) atoms. The number of carbonyl (C=O) groups excluding carboxylic acids is 1. The Morgan fingerprint density at radius 1 is 1.12 bits per heavy atom. The minimum atomic E-state index is -0.170. The largest absolute Gasteiger partial charge is 0.496 e. The zero-order valence-corrected chi connectivity index (χ0v) is 14.8. The monoisotopic (exact) mass is 351 g/mol. The molecule has 2 heterocycles. The van der Waals surface area contributed by atoms with Gasteiger partial charge in [-0.15, -0.1) is 0 Å². The lowest BCUT2D eigenvalue weighted by molar-refractivity contribution is 0.0952. The predicted molar refractivity (Wildman–Crippen MR) is 99.9 cm³/mol.